The van der Waals surface area contributed by atoms with Gasteiger partial charge in [-0.25, -0.2) is 4.79 Å². The number of methoxy groups -OCH3 is 1. The summed E-state index contributed by atoms with van der Waals surface area (Å²) in [6.45, 7) is 2.16. The zero-order valence-electron chi connectivity index (χ0n) is 15.8. The lowest BCUT2D eigenvalue weighted by Crippen LogP contribution is -2.24. The number of benzene rings is 1. The number of hydrogen-bond donors (Lipinski definition) is 2. The van der Waals surface area contributed by atoms with Gasteiger partial charge in [0.1, 0.15) is 0 Å². The van der Waals surface area contributed by atoms with Gasteiger partial charge in [-0.1, -0.05) is 25.0 Å². The number of carbonyl (C=O) groups is 2. The topological polar surface area (TPSA) is 80.6 Å². The number of hydrogen-bond acceptors (Lipinski definition) is 4. The number of aromatic nitrogens is 1. The van der Waals surface area contributed by atoms with Crippen molar-refractivity contribution < 1.29 is 19.4 Å². The number of carbonyl (C=O) groups excluding carboxylic acids is 2. The first-order chi connectivity index (χ1) is 13.1. The van der Waals surface area contributed by atoms with E-state index in [1.165, 1.54) is 26.0 Å². The van der Waals surface area contributed by atoms with Crippen LogP contribution in [0.15, 0.2) is 30.4 Å². The normalized spacial score (nSPS) is 14.9. The molecule has 1 saturated carbocycles. The fraction of sp³-hybridized carbons (Fsp3) is 0.429. The van der Waals surface area contributed by atoms with E-state index < -0.39 is 5.97 Å². The predicted octanol–water partition coefficient (Wildman–Crippen LogP) is 3.02. The summed E-state index contributed by atoms with van der Waals surface area (Å²) in [5.74, 6) is -0.635. The van der Waals surface area contributed by atoms with Gasteiger partial charge >= 0.3 is 5.97 Å². The molecule has 1 fully saturated rings. The molecule has 0 spiro atoms. The van der Waals surface area contributed by atoms with Crippen LogP contribution >= 0.6 is 0 Å². The number of nitrogens with zero attached hydrogens (tertiary/aromatic N) is 1. The lowest BCUT2D eigenvalue weighted by atomic mass is 10.1. The summed E-state index contributed by atoms with van der Waals surface area (Å²) < 4.78 is 6.82. The minimum Gasteiger partial charge on any atom is -0.466 e. The second kappa shape index (κ2) is 8.39. The third kappa shape index (κ3) is 3.90. The summed E-state index contributed by atoms with van der Waals surface area (Å²) in [7, 11) is 1.31. The van der Waals surface area contributed by atoms with Crippen molar-refractivity contribution in [1.29, 1.82) is 0 Å². The number of esters is 1. The van der Waals surface area contributed by atoms with E-state index in [1.54, 1.807) is 6.08 Å². The monoisotopic (exact) mass is 370 g/mol. The van der Waals surface area contributed by atoms with E-state index in [9.17, 15) is 14.7 Å². The van der Waals surface area contributed by atoms with E-state index in [4.69, 9.17) is 0 Å². The van der Waals surface area contributed by atoms with Crippen LogP contribution in [0.1, 0.15) is 53.3 Å². The van der Waals surface area contributed by atoms with Crippen molar-refractivity contribution >= 4 is 22.8 Å². The zero-order valence-corrected chi connectivity index (χ0v) is 15.8. The van der Waals surface area contributed by atoms with Crippen molar-refractivity contribution in [2.24, 2.45) is 0 Å². The number of amides is 1. The van der Waals surface area contributed by atoms with Crippen molar-refractivity contribution in [1.82, 2.24) is 9.88 Å². The number of rotatable bonds is 6. The average molecular weight is 370 g/mol. The summed E-state index contributed by atoms with van der Waals surface area (Å²) in [5.41, 5.74) is 3.40. The quantitative estimate of drug-likeness (QED) is 0.605. The van der Waals surface area contributed by atoms with Crippen LogP contribution in [0.2, 0.25) is 0 Å². The first-order valence-electron chi connectivity index (χ1n) is 9.33. The second-order valence-electron chi connectivity index (χ2n) is 6.91. The lowest BCUT2D eigenvalue weighted by Gasteiger charge is -2.16. The summed E-state index contributed by atoms with van der Waals surface area (Å²) in [4.78, 5) is 24.0. The Bertz CT molecular complexity index is 876. The number of fused-ring (bicyclic) bond motifs is 1. The van der Waals surface area contributed by atoms with E-state index in [0.717, 1.165) is 35.0 Å². The van der Waals surface area contributed by atoms with Gasteiger partial charge < -0.3 is 19.7 Å². The summed E-state index contributed by atoms with van der Waals surface area (Å²) in [6, 6.07) is 6.22. The SMILES string of the molecule is COC(=O)/C=C/CNC(=O)c1c(C)n(C2CCCC2)c2ccc(CO)cc12. The van der Waals surface area contributed by atoms with Gasteiger partial charge in [0, 0.05) is 35.3 Å². The van der Waals surface area contributed by atoms with Crippen LogP contribution in [0.25, 0.3) is 10.9 Å². The van der Waals surface area contributed by atoms with E-state index in [1.807, 2.05) is 25.1 Å². The molecule has 0 unspecified atom stereocenters. The molecule has 2 N–H and O–H groups in total. The Morgan fingerprint density at radius 3 is 2.74 bits per heavy atom. The molecule has 0 aliphatic heterocycles. The first kappa shape index (κ1) is 19.2. The van der Waals surface area contributed by atoms with Crippen LogP contribution in [0.3, 0.4) is 0 Å². The molecule has 1 amide bonds. The van der Waals surface area contributed by atoms with Crippen LogP contribution in [-0.2, 0) is 16.1 Å². The molecule has 0 atom stereocenters. The van der Waals surface area contributed by atoms with Crippen LogP contribution in [-0.4, -0.2) is 35.2 Å². The Kier molecular flexibility index (Phi) is 5.96. The standard InChI is InChI=1S/C21H26N2O4/c1-14-20(21(26)22-11-5-8-19(25)27-2)17-12-15(13-24)9-10-18(17)23(14)16-6-3-4-7-16/h5,8-10,12,16,24H,3-4,6-7,11,13H2,1-2H3,(H,22,26)/b8-5+. The highest BCUT2D eigenvalue weighted by Gasteiger charge is 2.26. The number of nitrogens with one attached hydrogen (secondary N) is 1. The van der Waals surface area contributed by atoms with Gasteiger partial charge in [-0.3, -0.25) is 4.79 Å². The highest BCUT2D eigenvalue weighted by atomic mass is 16.5. The first-order valence-corrected chi connectivity index (χ1v) is 9.33. The van der Waals surface area contributed by atoms with E-state index in [0.29, 0.717) is 11.6 Å². The van der Waals surface area contributed by atoms with Crippen LogP contribution < -0.4 is 5.32 Å². The maximum atomic E-state index is 12.9. The molecule has 2 aromatic rings. The third-order valence-corrected chi connectivity index (χ3v) is 5.25. The molecule has 27 heavy (non-hydrogen) atoms. The molecule has 0 radical (unpaired) electrons. The van der Waals surface area contributed by atoms with Crippen molar-refractivity contribution in [3.05, 3.63) is 47.2 Å². The van der Waals surface area contributed by atoms with E-state index in [2.05, 4.69) is 14.6 Å². The molecular weight excluding hydrogens is 344 g/mol. The number of ether oxygens (including phenoxy) is 1. The van der Waals surface area contributed by atoms with E-state index in [-0.39, 0.29) is 19.1 Å². The largest absolute Gasteiger partial charge is 0.466 e. The Balaban J connectivity index is 1.95. The van der Waals surface area contributed by atoms with Gasteiger partial charge in [0.2, 0.25) is 0 Å². The Labute approximate surface area is 158 Å². The highest BCUT2D eigenvalue weighted by molar-refractivity contribution is 6.08. The highest BCUT2D eigenvalue weighted by Crippen LogP contribution is 2.37. The maximum absolute atomic E-state index is 12.9. The van der Waals surface area contributed by atoms with Crippen LogP contribution in [0.4, 0.5) is 0 Å². The molecular formula is C21H26N2O4. The molecule has 0 bridgehead atoms. The van der Waals surface area contributed by atoms with Crippen molar-refractivity contribution in [3.63, 3.8) is 0 Å². The predicted molar refractivity (Wildman–Crippen MR) is 104 cm³/mol. The fourth-order valence-electron chi connectivity index (χ4n) is 3.97. The second-order valence-corrected chi connectivity index (χ2v) is 6.91. The number of aliphatic hydroxyl groups is 1. The molecule has 144 valence electrons. The summed E-state index contributed by atoms with van der Waals surface area (Å²) in [6.07, 6.45) is 7.51. The van der Waals surface area contributed by atoms with Crippen molar-refractivity contribution in [3.8, 4) is 0 Å². The summed E-state index contributed by atoms with van der Waals surface area (Å²) in [5, 5.41) is 13.2. The van der Waals surface area contributed by atoms with Gasteiger partial charge in [0.25, 0.3) is 5.91 Å². The van der Waals surface area contributed by atoms with E-state index >= 15 is 0 Å². The zero-order chi connectivity index (χ0) is 19.4. The fourth-order valence-corrected chi connectivity index (χ4v) is 3.97. The van der Waals surface area contributed by atoms with Crippen molar-refractivity contribution in [2.75, 3.05) is 13.7 Å². The van der Waals surface area contributed by atoms with Gasteiger partial charge in [-0.15, -0.1) is 0 Å². The van der Waals surface area contributed by atoms with Crippen molar-refractivity contribution in [2.45, 2.75) is 45.3 Å². The molecule has 0 saturated heterocycles. The molecule has 1 aliphatic carbocycles. The third-order valence-electron chi connectivity index (χ3n) is 5.25. The Morgan fingerprint density at radius 2 is 2.07 bits per heavy atom. The molecule has 1 aromatic heterocycles. The van der Waals surface area contributed by atoms with Gasteiger partial charge in [-0.2, -0.15) is 0 Å². The molecule has 6 nitrogen and oxygen atoms in total. The average Bonchev–Trinajstić information content (AvgIpc) is 3.29. The maximum Gasteiger partial charge on any atom is 0.330 e. The molecule has 1 aromatic carbocycles. The number of aliphatic hydroxyl groups excluding tert-OH is 1. The smallest absolute Gasteiger partial charge is 0.330 e. The van der Waals surface area contributed by atoms with Gasteiger partial charge in [-0.05, 0) is 37.5 Å². The van der Waals surface area contributed by atoms with Gasteiger partial charge in [0.15, 0.2) is 0 Å². The van der Waals surface area contributed by atoms with Crippen LogP contribution in [0, 0.1) is 6.92 Å². The van der Waals surface area contributed by atoms with Crippen LogP contribution in [0.5, 0.6) is 0 Å². The Hall–Kier alpha value is -2.60. The van der Waals surface area contributed by atoms with Gasteiger partial charge in [0.05, 0.1) is 19.3 Å². The lowest BCUT2D eigenvalue weighted by molar-refractivity contribution is -0.134. The molecule has 1 heterocycles. The minimum atomic E-state index is -0.453. The minimum absolute atomic E-state index is 0.0630. The Morgan fingerprint density at radius 1 is 1.33 bits per heavy atom. The summed E-state index contributed by atoms with van der Waals surface area (Å²) >= 11 is 0. The molecule has 3 rings (SSSR count). The molecule has 1 aliphatic rings. The molecule has 6 heteroatoms.